The molecule has 0 spiro atoms. The van der Waals surface area contributed by atoms with Crippen LogP contribution in [0.15, 0.2) is 54.6 Å². The van der Waals surface area contributed by atoms with Gasteiger partial charge in [-0.1, -0.05) is 42.5 Å². The first kappa shape index (κ1) is 25.7. The number of epoxide rings is 1. The fourth-order valence-corrected chi connectivity index (χ4v) is 4.58. The maximum absolute atomic E-state index is 12.2. The minimum Gasteiger partial charge on any atom is -0.451 e. The lowest BCUT2D eigenvalue weighted by Gasteiger charge is -2.43. The number of benzene rings is 2. The first-order chi connectivity index (χ1) is 17.3. The average Bonchev–Trinajstić information content (AvgIpc) is 3.50. The third kappa shape index (κ3) is 5.39. The highest BCUT2D eigenvalue weighted by Gasteiger charge is 2.78. The van der Waals surface area contributed by atoms with Crippen LogP contribution in [-0.4, -0.2) is 59.3 Å². The van der Waals surface area contributed by atoms with Crippen LogP contribution in [0.25, 0.3) is 0 Å². The van der Waals surface area contributed by atoms with Crippen LogP contribution in [0.2, 0.25) is 0 Å². The van der Waals surface area contributed by atoms with E-state index < -0.39 is 29.6 Å². The molecular weight excluding hydrogens is 468 g/mol. The monoisotopic (exact) mass is 500 g/mol. The summed E-state index contributed by atoms with van der Waals surface area (Å²) in [6.07, 6.45) is 0.472. The number of rotatable bonds is 10. The number of cyclic esters (lactones) is 1. The molecule has 194 valence electrons. The molecule has 2 aliphatic rings. The summed E-state index contributed by atoms with van der Waals surface area (Å²) < 4.78 is 16.2. The van der Waals surface area contributed by atoms with Gasteiger partial charge in [0, 0.05) is 18.5 Å². The lowest BCUT2D eigenvalue weighted by atomic mass is 9.84. The van der Waals surface area contributed by atoms with Crippen molar-refractivity contribution >= 4 is 17.7 Å². The number of para-hydroxylation sites is 2. The number of nitrogens with one attached hydrogen (secondary N) is 1. The number of hydrogen-bond acceptors (Lipinski definition) is 10. The molecule has 2 aliphatic heterocycles. The molecule has 2 fully saturated rings. The van der Waals surface area contributed by atoms with Gasteiger partial charge in [-0.15, -0.1) is 0 Å². The van der Waals surface area contributed by atoms with E-state index in [4.69, 9.17) is 30.7 Å². The first-order valence-electron chi connectivity index (χ1n) is 11.8. The van der Waals surface area contributed by atoms with Crippen molar-refractivity contribution in [3.05, 3.63) is 60.2 Å². The van der Waals surface area contributed by atoms with Gasteiger partial charge < -0.3 is 35.3 Å². The number of carbonyl (C=O) groups is 2. The number of ether oxygens (including phenoxy) is 3. The third-order valence-corrected chi connectivity index (χ3v) is 6.54. The molecule has 11 nitrogen and oxygen atoms in total. The molecule has 1 amide bonds. The van der Waals surface area contributed by atoms with Crippen molar-refractivity contribution < 1.29 is 33.7 Å². The molecule has 6 N–H and O–H groups in total. The Bertz CT molecular complexity index is 1060. The van der Waals surface area contributed by atoms with Crippen molar-refractivity contribution in [2.75, 3.05) is 25.4 Å². The molecule has 0 radical (unpaired) electrons. The van der Waals surface area contributed by atoms with Gasteiger partial charge in [0.15, 0.2) is 0 Å². The Morgan fingerprint density at radius 1 is 1.22 bits per heavy atom. The first-order valence-corrected chi connectivity index (χ1v) is 11.8. The van der Waals surface area contributed by atoms with E-state index in [1.807, 2.05) is 37.3 Å². The number of nitrogens with zero attached hydrogens (tertiary/aromatic N) is 1. The van der Waals surface area contributed by atoms with E-state index in [9.17, 15) is 14.7 Å². The maximum atomic E-state index is 12.2. The second-order valence-corrected chi connectivity index (χ2v) is 9.14. The van der Waals surface area contributed by atoms with Gasteiger partial charge in [0.2, 0.25) is 0 Å². The molecule has 0 aromatic heterocycles. The Kier molecular flexibility index (Phi) is 7.65. The molecular formula is C25H32N4O7. The summed E-state index contributed by atoms with van der Waals surface area (Å²) in [5.41, 5.74) is 7.21. The van der Waals surface area contributed by atoms with Gasteiger partial charge in [-0.05, 0) is 50.6 Å². The lowest BCUT2D eigenvalue weighted by molar-refractivity contribution is -0.311. The zero-order chi connectivity index (χ0) is 25.8. The van der Waals surface area contributed by atoms with Crippen LogP contribution < -0.4 is 21.7 Å². The predicted octanol–water partition coefficient (Wildman–Crippen LogP) is 1.51. The van der Waals surface area contributed by atoms with E-state index >= 15 is 0 Å². The molecule has 2 aromatic carbocycles. The minimum atomic E-state index is -2.33. The third-order valence-electron chi connectivity index (χ3n) is 6.54. The quantitative estimate of drug-likeness (QED) is 0.163. The Hall–Kier alpha value is -3.38. The van der Waals surface area contributed by atoms with Gasteiger partial charge in [0.25, 0.3) is 0 Å². The Balaban J connectivity index is 1.33. The number of likely N-dealkylation sites (tertiary alicyclic amines) is 1. The standard InChI is InChI=1S/C25H32N4O7/c1-17(28-23(31)33-16-18-7-3-2-4-8-18)15-29-13-11-19(12-14-29)25(36-27,24(32)22(30)35-24)34-21-10-6-5-9-20(21)26/h2-10,17,19,32H,11-16,26-27H2,1H3,(H,28,31)/t17-,24+,25-/m1/s1. The van der Waals surface area contributed by atoms with Crippen molar-refractivity contribution in [1.29, 1.82) is 0 Å². The number of hydrogen-bond donors (Lipinski definition) is 4. The van der Waals surface area contributed by atoms with Crippen LogP contribution in [0.1, 0.15) is 25.3 Å². The Labute approximate surface area is 209 Å². The fourth-order valence-electron chi connectivity index (χ4n) is 4.58. The topological polar surface area (TPSA) is 162 Å². The molecule has 2 saturated heterocycles. The van der Waals surface area contributed by atoms with Crippen molar-refractivity contribution in [2.24, 2.45) is 11.8 Å². The fraction of sp³-hybridized carbons (Fsp3) is 0.440. The number of nitrogens with two attached hydrogens (primary N) is 2. The molecule has 3 atom stereocenters. The molecule has 0 bridgehead atoms. The zero-order valence-electron chi connectivity index (χ0n) is 20.1. The van der Waals surface area contributed by atoms with Gasteiger partial charge >= 0.3 is 23.6 Å². The highest BCUT2D eigenvalue weighted by atomic mass is 16.9. The lowest BCUT2D eigenvalue weighted by Crippen LogP contribution is -2.62. The van der Waals surface area contributed by atoms with Crippen LogP contribution in [0, 0.1) is 5.92 Å². The van der Waals surface area contributed by atoms with E-state index in [2.05, 4.69) is 10.2 Å². The molecule has 0 saturated carbocycles. The second-order valence-electron chi connectivity index (χ2n) is 9.14. The summed E-state index contributed by atoms with van der Waals surface area (Å²) in [6.45, 7) is 3.83. The summed E-state index contributed by atoms with van der Waals surface area (Å²) in [5, 5.41) is 13.7. The molecule has 0 unspecified atom stereocenters. The van der Waals surface area contributed by atoms with Gasteiger partial charge in [0.05, 0.1) is 5.69 Å². The highest BCUT2D eigenvalue weighted by molar-refractivity contribution is 5.92. The average molecular weight is 501 g/mol. The number of aliphatic hydroxyl groups is 1. The van der Waals surface area contributed by atoms with Crippen molar-refractivity contribution in [2.45, 2.75) is 44.0 Å². The summed E-state index contributed by atoms with van der Waals surface area (Å²) in [6, 6.07) is 15.9. The molecule has 2 aromatic rings. The van der Waals surface area contributed by atoms with Crippen molar-refractivity contribution in [1.82, 2.24) is 10.2 Å². The van der Waals surface area contributed by atoms with Gasteiger partial charge in [-0.2, -0.15) is 0 Å². The summed E-state index contributed by atoms with van der Waals surface area (Å²) in [7, 11) is 0. The van der Waals surface area contributed by atoms with Crippen LogP contribution >= 0.6 is 0 Å². The van der Waals surface area contributed by atoms with Crippen LogP contribution in [0.3, 0.4) is 0 Å². The number of piperidine rings is 1. The van der Waals surface area contributed by atoms with E-state index in [1.54, 1.807) is 24.3 Å². The van der Waals surface area contributed by atoms with Crippen molar-refractivity contribution in [3.63, 3.8) is 0 Å². The smallest absolute Gasteiger partial charge is 0.407 e. The normalized spacial score (nSPS) is 22.7. The van der Waals surface area contributed by atoms with E-state index in [0.29, 0.717) is 38.2 Å². The maximum Gasteiger partial charge on any atom is 0.407 e. The number of alkyl carbamates (subject to hydrolysis) is 1. The Morgan fingerprint density at radius 2 is 1.86 bits per heavy atom. The summed E-state index contributed by atoms with van der Waals surface area (Å²) in [4.78, 5) is 31.5. The number of amides is 1. The molecule has 36 heavy (non-hydrogen) atoms. The van der Waals surface area contributed by atoms with E-state index in [1.165, 1.54) is 0 Å². The van der Waals surface area contributed by atoms with Gasteiger partial charge in [-0.3, -0.25) is 0 Å². The van der Waals surface area contributed by atoms with E-state index in [-0.39, 0.29) is 18.4 Å². The predicted molar refractivity (Wildman–Crippen MR) is 129 cm³/mol. The van der Waals surface area contributed by atoms with E-state index in [0.717, 1.165) is 5.56 Å². The summed E-state index contributed by atoms with van der Waals surface area (Å²) >= 11 is 0. The van der Waals surface area contributed by atoms with Crippen LogP contribution in [0.4, 0.5) is 10.5 Å². The highest BCUT2D eigenvalue weighted by Crippen LogP contribution is 2.48. The second kappa shape index (κ2) is 10.7. The molecule has 2 heterocycles. The SMILES string of the molecule is C[C@H](CN1CCC([C@](ON)(Oc2ccccc2N)[C@@]2(O)OC2=O)CC1)NC(=O)OCc1ccccc1. The minimum absolute atomic E-state index is 0.168. The van der Waals surface area contributed by atoms with Gasteiger partial charge in [-0.25, -0.2) is 20.3 Å². The molecule has 0 aliphatic carbocycles. The van der Waals surface area contributed by atoms with Gasteiger partial charge in [0.1, 0.15) is 12.4 Å². The molecule has 11 heteroatoms. The number of nitrogen functional groups attached to an aromatic ring is 1. The van der Waals surface area contributed by atoms with Crippen molar-refractivity contribution in [3.8, 4) is 5.75 Å². The van der Waals surface area contributed by atoms with Crippen LogP contribution in [0.5, 0.6) is 5.75 Å². The van der Waals surface area contributed by atoms with Crippen LogP contribution in [-0.2, 0) is 25.7 Å². The Morgan fingerprint density at radius 3 is 2.47 bits per heavy atom. The zero-order valence-corrected chi connectivity index (χ0v) is 20.1. The summed E-state index contributed by atoms with van der Waals surface area (Å²) in [5.74, 6) is 0.207. The molecule has 4 rings (SSSR count). The number of carbonyl (C=O) groups excluding carboxylic acids is 2. The number of anilines is 1. The largest absolute Gasteiger partial charge is 0.451 e.